The Morgan fingerprint density at radius 1 is 1.28 bits per heavy atom. The van der Waals surface area contributed by atoms with Crippen molar-refractivity contribution in [1.29, 1.82) is 0 Å². The number of aryl methyl sites for hydroxylation is 1. The van der Waals surface area contributed by atoms with Crippen LogP contribution >= 0.6 is 0 Å². The van der Waals surface area contributed by atoms with Crippen LogP contribution in [0.15, 0.2) is 24.3 Å². The second kappa shape index (κ2) is 4.48. The molecule has 0 bridgehead atoms. The van der Waals surface area contributed by atoms with E-state index in [0.717, 1.165) is 11.6 Å². The van der Waals surface area contributed by atoms with Crippen LogP contribution in [0.25, 0.3) is 10.9 Å². The van der Waals surface area contributed by atoms with E-state index >= 15 is 0 Å². The van der Waals surface area contributed by atoms with E-state index < -0.39 is 11.9 Å². The van der Waals surface area contributed by atoms with Gasteiger partial charge in [-0.15, -0.1) is 0 Å². The van der Waals surface area contributed by atoms with Gasteiger partial charge in [0.05, 0.1) is 5.52 Å². The lowest BCUT2D eigenvalue weighted by Gasteiger charge is -2.13. The quantitative estimate of drug-likeness (QED) is 0.880. The van der Waals surface area contributed by atoms with Gasteiger partial charge in [0, 0.05) is 18.1 Å². The molecule has 2 nitrogen and oxygen atoms in total. The van der Waals surface area contributed by atoms with Crippen LogP contribution in [0.2, 0.25) is 0 Å². The fraction of sp³-hybridized carbons (Fsp3) is 0.308. The summed E-state index contributed by atoms with van der Waals surface area (Å²) in [6.07, 6.45) is -3.78. The highest BCUT2D eigenvalue weighted by Crippen LogP contribution is 2.33. The Kier molecular flexibility index (Phi) is 3.15. The third kappa shape index (κ3) is 2.12. The number of pyridine rings is 1. The predicted octanol–water partition coefficient (Wildman–Crippen LogP) is 3.86. The third-order valence-corrected chi connectivity index (χ3v) is 2.86. The van der Waals surface area contributed by atoms with E-state index in [1.54, 1.807) is 19.2 Å². The minimum absolute atomic E-state index is 0.416. The van der Waals surface area contributed by atoms with E-state index in [4.69, 9.17) is 0 Å². The van der Waals surface area contributed by atoms with E-state index in [1.807, 2.05) is 13.0 Å². The summed E-state index contributed by atoms with van der Waals surface area (Å²) in [4.78, 5) is 3.76. The fourth-order valence-electron chi connectivity index (χ4n) is 1.95. The van der Waals surface area contributed by atoms with Crippen molar-refractivity contribution >= 4 is 16.6 Å². The average molecular weight is 254 g/mol. The zero-order valence-electron chi connectivity index (χ0n) is 10.1. The van der Waals surface area contributed by atoms with Crippen LogP contribution in [0.5, 0.6) is 0 Å². The van der Waals surface area contributed by atoms with Crippen molar-refractivity contribution < 1.29 is 13.2 Å². The number of benzene rings is 1. The van der Waals surface area contributed by atoms with Crippen LogP contribution in [-0.4, -0.2) is 12.0 Å². The van der Waals surface area contributed by atoms with Crippen molar-refractivity contribution in [3.05, 3.63) is 35.5 Å². The number of fused-ring (bicyclic) bond motifs is 1. The first kappa shape index (κ1) is 12.7. The highest BCUT2D eigenvalue weighted by Gasteiger charge is 2.33. The van der Waals surface area contributed by atoms with E-state index in [0.29, 0.717) is 23.0 Å². The molecule has 0 fully saturated rings. The van der Waals surface area contributed by atoms with Gasteiger partial charge in [0.25, 0.3) is 0 Å². The molecule has 96 valence electrons. The Balaban J connectivity index is 2.80. The lowest BCUT2D eigenvalue weighted by atomic mass is 10.1. The van der Waals surface area contributed by atoms with Crippen LogP contribution < -0.4 is 5.32 Å². The molecule has 0 spiro atoms. The molecule has 0 aliphatic carbocycles. The summed E-state index contributed by atoms with van der Waals surface area (Å²) in [5.41, 5.74) is 0.817. The summed E-state index contributed by atoms with van der Waals surface area (Å²) in [6.45, 7) is 1.90. The molecule has 18 heavy (non-hydrogen) atoms. The summed E-state index contributed by atoms with van der Waals surface area (Å²) in [5, 5.41) is 3.51. The molecule has 0 saturated carbocycles. The molecule has 0 radical (unpaired) electrons. The van der Waals surface area contributed by atoms with E-state index in [1.165, 1.54) is 0 Å². The zero-order valence-corrected chi connectivity index (χ0v) is 10.1. The largest absolute Gasteiger partial charge is 0.433 e. The van der Waals surface area contributed by atoms with Crippen molar-refractivity contribution in [3.8, 4) is 0 Å². The molecular formula is C13H13F3N2. The average Bonchev–Trinajstić information content (AvgIpc) is 2.35. The van der Waals surface area contributed by atoms with Gasteiger partial charge in [0.1, 0.15) is 5.69 Å². The summed E-state index contributed by atoms with van der Waals surface area (Å²) in [5.74, 6) is 0. The van der Waals surface area contributed by atoms with Gasteiger partial charge in [-0.25, -0.2) is 4.98 Å². The Hall–Kier alpha value is -1.78. The van der Waals surface area contributed by atoms with Gasteiger partial charge in [-0.1, -0.05) is 25.1 Å². The summed E-state index contributed by atoms with van der Waals surface area (Å²) >= 11 is 0. The van der Waals surface area contributed by atoms with Crippen LogP contribution in [0.3, 0.4) is 0 Å². The first-order valence-corrected chi connectivity index (χ1v) is 5.65. The van der Waals surface area contributed by atoms with Gasteiger partial charge in [0.15, 0.2) is 0 Å². The second-order valence-electron chi connectivity index (χ2n) is 3.97. The molecule has 0 atom stereocenters. The number of alkyl halides is 3. The van der Waals surface area contributed by atoms with Crippen LogP contribution in [0.4, 0.5) is 18.9 Å². The number of hydrogen-bond acceptors (Lipinski definition) is 2. The summed E-state index contributed by atoms with van der Waals surface area (Å²) in [6, 6.07) is 6.45. The maximum absolute atomic E-state index is 12.8. The number of rotatable bonds is 2. The molecule has 0 unspecified atom stereocenters. The smallest absolute Gasteiger partial charge is 0.388 e. The molecule has 5 heteroatoms. The van der Waals surface area contributed by atoms with Gasteiger partial charge in [0.2, 0.25) is 0 Å². The number of para-hydroxylation sites is 1. The monoisotopic (exact) mass is 254 g/mol. The number of anilines is 1. The molecule has 2 rings (SSSR count). The third-order valence-electron chi connectivity index (χ3n) is 2.86. The van der Waals surface area contributed by atoms with Crippen LogP contribution in [-0.2, 0) is 12.6 Å². The van der Waals surface area contributed by atoms with E-state index in [-0.39, 0.29) is 0 Å². The highest BCUT2D eigenvalue weighted by molar-refractivity contribution is 5.93. The van der Waals surface area contributed by atoms with Gasteiger partial charge < -0.3 is 5.32 Å². The SMILES string of the molecule is CCc1cccc2c(NC)cc(C(F)(F)F)nc12. The number of halogens is 3. The maximum Gasteiger partial charge on any atom is 0.433 e. The first-order chi connectivity index (χ1) is 8.47. The zero-order chi connectivity index (χ0) is 13.3. The number of nitrogens with zero attached hydrogens (tertiary/aromatic N) is 1. The lowest BCUT2D eigenvalue weighted by molar-refractivity contribution is -0.140. The second-order valence-corrected chi connectivity index (χ2v) is 3.97. The van der Waals surface area contributed by atoms with Crippen molar-refractivity contribution in [2.45, 2.75) is 19.5 Å². The summed E-state index contributed by atoms with van der Waals surface area (Å²) < 4.78 is 38.3. The lowest BCUT2D eigenvalue weighted by Crippen LogP contribution is -2.09. The molecule has 1 aromatic carbocycles. The Morgan fingerprint density at radius 3 is 2.56 bits per heavy atom. The molecule has 2 aromatic rings. The van der Waals surface area contributed by atoms with Gasteiger partial charge in [-0.2, -0.15) is 13.2 Å². The highest BCUT2D eigenvalue weighted by atomic mass is 19.4. The minimum atomic E-state index is -4.43. The van der Waals surface area contributed by atoms with E-state index in [9.17, 15) is 13.2 Å². The van der Waals surface area contributed by atoms with Crippen molar-refractivity contribution in [2.24, 2.45) is 0 Å². The van der Waals surface area contributed by atoms with Crippen LogP contribution in [0, 0.1) is 0 Å². The molecular weight excluding hydrogens is 241 g/mol. The first-order valence-electron chi connectivity index (χ1n) is 5.65. The number of aromatic nitrogens is 1. The molecule has 1 aromatic heterocycles. The predicted molar refractivity (Wildman–Crippen MR) is 65.7 cm³/mol. The Labute approximate surface area is 103 Å². The molecule has 0 aliphatic rings. The van der Waals surface area contributed by atoms with Crippen molar-refractivity contribution in [2.75, 3.05) is 12.4 Å². The fourth-order valence-corrected chi connectivity index (χ4v) is 1.95. The Morgan fingerprint density at radius 2 is 2.00 bits per heavy atom. The maximum atomic E-state index is 12.8. The van der Waals surface area contributed by atoms with Crippen molar-refractivity contribution in [1.82, 2.24) is 4.98 Å². The molecule has 0 saturated heterocycles. The number of hydrogen-bond donors (Lipinski definition) is 1. The Bertz CT molecular complexity index is 576. The molecule has 0 amide bonds. The van der Waals surface area contributed by atoms with E-state index in [2.05, 4.69) is 10.3 Å². The molecule has 1 heterocycles. The number of nitrogens with one attached hydrogen (secondary N) is 1. The standard InChI is InChI=1S/C13H13F3N2/c1-3-8-5-4-6-9-10(17-2)7-11(13(14,15)16)18-12(8)9/h4-7H,3H2,1-2H3,(H,17,18). The molecule has 1 N–H and O–H groups in total. The van der Waals surface area contributed by atoms with Gasteiger partial charge >= 0.3 is 6.18 Å². The summed E-state index contributed by atoms with van der Waals surface area (Å²) in [7, 11) is 1.60. The van der Waals surface area contributed by atoms with Gasteiger partial charge in [-0.05, 0) is 18.1 Å². The minimum Gasteiger partial charge on any atom is -0.388 e. The topological polar surface area (TPSA) is 24.9 Å². The molecule has 0 aliphatic heterocycles. The van der Waals surface area contributed by atoms with Crippen LogP contribution in [0.1, 0.15) is 18.2 Å². The van der Waals surface area contributed by atoms with Crippen molar-refractivity contribution in [3.63, 3.8) is 0 Å². The normalized spacial score (nSPS) is 11.8. The van der Waals surface area contributed by atoms with Gasteiger partial charge in [-0.3, -0.25) is 0 Å².